The van der Waals surface area contributed by atoms with Crippen LogP contribution in [0.15, 0.2) is 18.2 Å². The van der Waals surface area contributed by atoms with Gasteiger partial charge in [-0.1, -0.05) is 61.6 Å². The number of ether oxygens (including phenoxy) is 3. The molecule has 0 saturated carbocycles. The van der Waals surface area contributed by atoms with E-state index < -0.39 is 15.7 Å². The minimum atomic E-state index is -2.08. The van der Waals surface area contributed by atoms with E-state index in [0.717, 1.165) is 5.56 Å². The van der Waals surface area contributed by atoms with E-state index in [-0.39, 0.29) is 17.6 Å². The number of amides is 2. The van der Waals surface area contributed by atoms with Crippen molar-refractivity contribution in [2.24, 2.45) is 0 Å². The van der Waals surface area contributed by atoms with Gasteiger partial charge in [0, 0.05) is 13.1 Å². The molecule has 1 N–H and O–H groups in total. The molecule has 1 aromatic carbocycles. The molecule has 2 aliphatic heterocycles. The van der Waals surface area contributed by atoms with Crippen LogP contribution in [0, 0.1) is 0 Å². The zero-order chi connectivity index (χ0) is 20.9. The van der Waals surface area contributed by atoms with Gasteiger partial charge in [-0.05, 0) is 37.0 Å². The van der Waals surface area contributed by atoms with Crippen molar-refractivity contribution in [2.75, 3.05) is 13.1 Å². The number of hydrogen-bond acceptors (Lipinski definition) is 4. The van der Waals surface area contributed by atoms with E-state index in [1.807, 2.05) is 26.0 Å². The van der Waals surface area contributed by atoms with Gasteiger partial charge in [-0.25, -0.2) is 4.79 Å². The fourth-order valence-electron chi connectivity index (χ4n) is 3.27. The maximum atomic E-state index is 12.9. The minimum absolute atomic E-state index is 0.102. The standard InChI is InChI=1S/C19H25Cl3N2O4/c1-11-9-24(10-12(2)26-11)16(25)23-19(18(20,21)22)27-14-7-6-13(17(3,4)5)8-15(14)28-19/h6-8,11-12H,9-10H2,1-5H3,(H,23,25)/t11-,12-,19+/m0/s1. The van der Waals surface area contributed by atoms with Gasteiger partial charge in [0.2, 0.25) is 0 Å². The molecule has 0 radical (unpaired) electrons. The molecule has 2 amide bonds. The fraction of sp³-hybridized carbons (Fsp3) is 0.632. The van der Waals surface area contributed by atoms with E-state index in [1.54, 1.807) is 11.0 Å². The average Bonchev–Trinajstić information content (AvgIpc) is 2.91. The summed E-state index contributed by atoms with van der Waals surface area (Å²) in [5.74, 6) is -1.18. The van der Waals surface area contributed by atoms with Crippen molar-refractivity contribution in [3.63, 3.8) is 0 Å². The monoisotopic (exact) mass is 450 g/mol. The van der Waals surface area contributed by atoms with E-state index in [0.29, 0.717) is 24.6 Å². The molecule has 2 aliphatic rings. The number of hydrogen-bond donors (Lipinski definition) is 1. The van der Waals surface area contributed by atoms with Gasteiger partial charge in [0.1, 0.15) is 0 Å². The zero-order valence-corrected chi connectivity index (χ0v) is 18.8. The lowest BCUT2D eigenvalue weighted by molar-refractivity contribution is -0.102. The molecule has 0 unspecified atom stereocenters. The topological polar surface area (TPSA) is 60.0 Å². The van der Waals surface area contributed by atoms with Gasteiger partial charge in [0.15, 0.2) is 11.5 Å². The van der Waals surface area contributed by atoms with Crippen LogP contribution in [0.25, 0.3) is 0 Å². The molecule has 3 atom stereocenters. The number of carbonyl (C=O) groups excluding carboxylic acids is 1. The molecule has 28 heavy (non-hydrogen) atoms. The van der Waals surface area contributed by atoms with Gasteiger partial charge >= 0.3 is 11.9 Å². The summed E-state index contributed by atoms with van der Waals surface area (Å²) in [5, 5.41) is 2.64. The number of alkyl halides is 3. The number of urea groups is 1. The third-order valence-electron chi connectivity index (χ3n) is 4.67. The highest BCUT2D eigenvalue weighted by molar-refractivity contribution is 6.68. The van der Waals surface area contributed by atoms with Crippen LogP contribution in [-0.2, 0) is 10.2 Å². The molecule has 0 aliphatic carbocycles. The van der Waals surface area contributed by atoms with Crippen molar-refractivity contribution in [1.82, 2.24) is 10.2 Å². The SMILES string of the molecule is C[C@H]1CN(C(=O)N[C@]2(C(Cl)(Cl)Cl)Oc3ccc(C(C)(C)C)cc3O2)C[C@H](C)O1. The second-order valence-corrected chi connectivity index (χ2v) is 10.6. The van der Waals surface area contributed by atoms with Crippen LogP contribution in [0.5, 0.6) is 11.5 Å². The Morgan fingerprint density at radius 2 is 1.68 bits per heavy atom. The Balaban J connectivity index is 1.86. The number of carbonyl (C=O) groups is 1. The number of halogens is 3. The summed E-state index contributed by atoms with van der Waals surface area (Å²) in [4.78, 5) is 14.5. The fourth-order valence-corrected chi connectivity index (χ4v) is 3.64. The maximum Gasteiger partial charge on any atom is 0.389 e. The Labute approximate surface area is 180 Å². The van der Waals surface area contributed by atoms with E-state index in [4.69, 9.17) is 49.0 Å². The third kappa shape index (κ3) is 4.25. The van der Waals surface area contributed by atoms with Crippen molar-refractivity contribution in [1.29, 1.82) is 0 Å². The Bertz CT molecular complexity index is 753. The maximum absolute atomic E-state index is 12.9. The lowest BCUT2D eigenvalue weighted by atomic mass is 9.87. The summed E-state index contributed by atoms with van der Waals surface area (Å²) in [6, 6.07) is 5.04. The van der Waals surface area contributed by atoms with Crippen LogP contribution >= 0.6 is 34.8 Å². The second-order valence-electron chi connectivity index (χ2n) is 8.32. The first-order chi connectivity index (χ1) is 12.8. The number of rotatable bonds is 1. The molecule has 3 rings (SSSR count). The first-order valence-corrected chi connectivity index (χ1v) is 10.3. The molecule has 9 heteroatoms. The first kappa shape index (κ1) is 21.6. The van der Waals surface area contributed by atoms with Gasteiger partial charge in [-0.15, -0.1) is 0 Å². The molecule has 0 spiro atoms. The quantitative estimate of drug-likeness (QED) is 0.634. The molecule has 2 heterocycles. The molecule has 1 fully saturated rings. The third-order valence-corrected chi connectivity index (χ3v) is 5.42. The molecule has 6 nitrogen and oxygen atoms in total. The van der Waals surface area contributed by atoms with Crippen molar-refractivity contribution < 1.29 is 19.0 Å². The number of nitrogens with zero attached hydrogens (tertiary/aromatic N) is 1. The zero-order valence-electron chi connectivity index (χ0n) is 16.5. The molecule has 1 saturated heterocycles. The number of nitrogens with one attached hydrogen (secondary N) is 1. The highest BCUT2D eigenvalue weighted by Gasteiger charge is 2.60. The first-order valence-electron chi connectivity index (χ1n) is 9.12. The van der Waals surface area contributed by atoms with Gasteiger partial charge in [-0.3, -0.25) is 5.32 Å². The van der Waals surface area contributed by atoms with Crippen LogP contribution in [0.1, 0.15) is 40.2 Å². The lowest BCUT2D eigenvalue weighted by Gasteiger charge is -2.39. The summed E-state index contributed by atoms with van der Waals surface area (Å²) in [6.07, 6.45) is -0.203. The summed E-state index contributed by atoms with van der Waals surface area (Å²) >= 11 is 18.5. The predicted octanol–water partition coefficient (Wildman–Crippen LogP) is 4.60. The minimum Gasteiger partial charge on any atom is -0.428 e. The summed E-state index contributed by atoms with van der Waals surface area (Å²) in [7, 11) is 0. The molecule has 0 bridgehead atoms. The lowest BCUT2D eigenvalue weighted by Crippen LogP contribution is -2.66. The Kier molecular flexibility index (Phi) is 5.65. The van der Waals surface area contributed by atoms with Crippen molar-refractivity contribution in [2.45, 2.75) is 61.9 Å². The molecular formula is C19H25Cl3N2O4. The van der Waals surface area contributed by atoms with E-state index in [9.17, 15) is 4.79 Å². The molecular weight excluding hydrogens is 427 g/mol. The number of morpholine rings is 1. The van der Waals surface area contributed by atoms with Crippen molar-refractivity contribution in [3.05, 3.63) is 23.8 Å². The highest BCUT2D eigenvalue weighted by Crippen LogP contribution is 2.49. The van der Waals surface area contributed by atoms with Crippen LogP contribution in [-0.4, -0.2) is 45.9 Å². The molecule has 156 valence electrons. The second kappa shape index (κ2) is 7.31. The Morgan fingerprint density at radius 1 is 1.11 bits per heavy atom. The largest absolute Gasteiger partial charge is 0.428 e. The van der Waals surface area contributed by atoms with Crippen molar-refractivity contribution >= 4 is 40.8 Å². The summed E-state index contributed by atoms with van der Waals surface area (Å²) in [6.45, 7) is 10.8. The van der Waals surface area contributed by atoms with E-state index in [2.05, 4.69) is 26.1 Å². The van der Waals surface area contributed by atoms with E-state index >= 15 is 0 Å². The average molecular weight is 452 g/mol. The van der Waals surface area contributed by atoms with Crippen LogP contribution in [0.4, 0.5) is 4.79 Å². The summed E-state index contributed by atoms with van der Waals surface area (Å²) < 4.78 is 15.3. The highest BCUT2D eigenvalue weighted by atomic mass is 35.6. The van der Waals surface area contributed by atoms with Gasteiger partial charge in [0.05, 0.1) is 12.2 Å². The Hall–Kier alpha value is -1.08. The van der Waals surface area contributed by atoms with Crippen LogP contribution in [0.2, 0.25) is 0 Å². The van der Waals surface area contributed by atoms with Crippen LogP contribution in [0.3, 0.4) is 0 Å². The Morgan fingerprint density at radius 3 is 2.21 bits per heavy atom. The molecule has 0 aromatic heterocycles. The summed E-state index contributed by atoms with van der Waals surface area (Å²) in [5.41, 5.74) is 0.921. The number of benzene rings is 1. The van der Waals surface area contributed by atoms with Gasteiger partial charge < -0.3 is 19.1 Å². The molecule has 1 aromatic rings. The smallest absolute Gasteiger partial charge is 0.389 e. The van der Waals surface area contributed by atoms with Crippen LogP contribution < -0.4 is 14.8 Å². The predicted molar refractivity (Wildman–Crippen MR) is 110 cm³/mol. The number of fused-ring (bicyclic) bond motifs is 1. The van der Waals surface area contributed by atoms with Crippen molar-refractivity contribution in [3.8, 4) is 11.5 Å². The van der Waals surface area contributed by atoms with Gasteiger partial charge in [0.25, 0.3) is 3.79 Å². The van der Waals surface area contributed by atoms with E-state index in [1.165, 1.54) is 0 Å². The normalized spacial score (nSPS) is 27.6. The van der Waals surface area contributed by atoms with Gasteiger partial charge in [-0.2, -0.15) is 0 Å².